The molecule has 0 spiro atoms. The summed E-state index contributed by atoms with van der Waals surface area (Å²) in [5.74, 6) is -3.56. The maximum Gasteiger partial charge on any atom is 0.258 e. The fourth-order valence-corrected chi connectivity index (χ4v) is 3.12. The number of Topliss-reactive ketones (excluding diaryl/α,β-unsaturated/α-hetero) is 2. The van der Waals surface area contributed by atoms with Gasteiger partial charge in [-0.1, -0.05) is 48.5 Å². The van der Waals surface area contributed by atoms with E-state index >= 15 is 0 Å². The number of carbonyl (C=O) groups excluding carboxylic acids is 6. The normalized spacial score (nSPS) is 15.5. The lowest BCUT2D eigenvalue weighted by atomic mass is 9.97. The molecular weight excluding hydrogens is 388 g/mol. The van der Waals surface area contributed by atoms with Crippen LogP contribution in [0, 0.1) is 0 Å². The molecule has 2 heterocycles. The van der Waals surface area contributed by atoms with Crippen molar-refractivity contribution in [3.05, 3.63) is 82.9 Å². The van der Waals surface area contributed by atoms with Crippen molar-refractivity contribution in [3.63, 3.8) is 0 Å². The molecule has 146 valence electrons. The highest BCUT2D eigenvalue weighted by Gasteiger charge is 2.25. The van der Waals surface area contributed by atoms with E-state index in [0.717, 1.165) is 0 Å². The summed E-state index contributed by atoms with van der Waals surface area (Å²) in [7, 11) is 0. The Labute approximate surface area is 169 Å². The minimum absolute atomic E-state index is 0.127. The average Bonchev–Trinajstić information content (AvgIpc) is 3.26. The summed E-state index contributed by atoms with van der Waals surface area (Å²) in [6.45, 7) is 0. The molecule has 4 rings (SSSR count). The Morgan fingerprint density at radius 2 is 0.867 bits per heavy atom. The van der Waals surface area contributed by atoms with E-state index in [-0.39, 0.29) is 22.3 Å². The number of benzene rings is 2. The molecule has 0 saturated heterocycles. The predicted octanol–water partition coefficient (Wildman–Crippen LogP) is 0.832. The van der Waals surface area contributed by atoms with E-state index < -0.39 is 35.2 Å². The van der Waals surface area contributed by atoms with Crippen molar-refractivity contribution in [2.45, 2.75) is 0 Å². The zero-order chi connectivity index (χ0) is 21.4. The summed E-state index contributed by atoms with van der Waals surface area (Å²) < 4.78 is 0. The molecule has 0 aromatic heterocycles. The molecule has 30 heavy (non-hydrogen) atoms. The number of nitrogens with one attached hydrogen (secondary N) is 2. The third-order valence-corrected chi connectivity index (χ3v) is 4.64. The maximum atomic E-state index is 12.5. The number of amides is 4. The predicted molar refractivity (Wildman–Crippen MR) is 104 cm³/mol. The second-order valence-electron chi connectivity index (χ2n) is 6.57. The highest BCUT2D eigenvalue weighted by molar-refractivity contribution is 6.49. The first kappa shape index (κ1) is 18.9. The Hall–Kier alpha value is -4.46. The first-order valence-corrected chi connectivity index (χ1v) is 8.77. The molecule has 4 amide bonds. The molecule has 2 aliphatic rings. The number of imide groups is 2. The van der Waals surface area contributed by atoms with Crippen molar-refractivity contribution in [2.75, 3.05) is 0 Å². The zero-order valence-corrected chi connectivity index (χ0v) is 15.2. The van der Waals surface area contributed by atoms with Crippen LogP contribution in [0.4, 0.5) is 0 Å². The lowest BCUT2D eigenvalue weighted by Crippen LogP contribution is -2.21. The molecule has 2 aliphatic heterocycles. The molecule has 0 radical (unpaired) electrons. The number of rotatable bonds is 5. The standard InChI is InChI=1S/C22H12N2O6/c25-17-9-15(21(29)23-17)11-1-5-13(6-2-11)19(27)20(28)14-7-3-12(4-8-14)16-10-18(26)24-22(16)30/h1-10H,(H,23,25,29)(H,24,26,30). The number of hydrogen-bond donors (Lipinski definition) is 2. The monoisotopic (exact) mass is 400 g/mol. The van der Waals surface area contributed by atoms with Gasteiger partial charge in [0.2, 0.25) is 11.6 Å². The van der Waals surface area contributed by atoms with Gasteiger partial charge in [0.25, 0.3) is 23.6 Å². The summed E-state index contributed by atoms with van der Waals surface area (Å²) in [4.78, 5) is 70.9. The van der Waals surface area contributed by atoms with Crippen LogP contribution in [-0.2, 0) is 19.2 Å². The van der Waals surface area contributed by atoms with Crippen LogP contribution in [0.1, 0.15) is 31.8 Å². The van der Waals surface area contributed by atoms with Gasteiger partial charge in [-0.3, -0.25) is 39.4 Å². The van der Waals surface area contributed by atoms with E-state index in [1.807, 2.05) is 0 Å². The topological polar surface area (TPSA) is 126 Å². The van der Waals surface area contributed by atoms with Crippen LogP contribution < -0.4 is 10.6 Å². The second-order valence-corrected chi connectivity index (χ2v) is 6.57. The van der Waals surface area contributed by atoms with Gasteiger partial charge in [0.1, 0.15) is 0 Å². The Kier molecular flexibility index (Phi) is 4.51. The van der Waals surface area contributed by atoms with Crippen molar-refractivity contribution in [1.29, 1.82) is 0 Å². The highest BCUT2D eigenvalue weighted by Crippen LogP contribution is 2.21. The van der Waals surface area contributed by atoms with Crippen LogP contribution in [0.2, 0.25) is 0 Å². The van der Waals surface area contributed by atoms with Gasteiger partial charge in [0.05, 0.1) is 11.1 Å². The van der Waals surface area contributed by atoms with Gasteiger partial charge in [0, 0.05) is 23.3 Å². The minimum atomic E-state index is -0.747. The van der Waals surface area contributed by atoms with Gasteiger partial charge >= 0.3 is 0 Å². The molecule has 0 fully saturated rings. The van der Waals surface area contributed by atoms with E-state index in [2.05, 4.69) is 10.6 Å². The van der Waals surface area contributed by atoms with Crippen molar-refractivity contribution < 1.29 is 28.8 Å². The molecule has 0 atom stereocenters. The van der Waals surface area contributed by atoms with Crippen LogP contribution in [0.5, 0.6) is 0 Å². The molecular formula is C22H12N2O6. The summed E-state index contributed by atoms with van der Waals surface area (Å²) >= 11 is 0. The smallest absolute Gasteiger partial charge is 0.258 e. The molecule has 2 aromatic carbocycles. The second kappa shape index (κ2) is 7.17. The third kappa shape index (κ3) is 3.37. The highest BCUT2D eigenvalue weighted by atomic mass is 16.2. The van der Waals surface area contributed by atoms with Gasteiger partial charge < -0.3 is 0 Å². The van der Waals surface area contributed by atoms with Crippen molar-refractivity contribution in [1.82, 2.24) is 10.6 Å². The Morgan fingerprint density at radius 3 is 1.13 bits per heavy atom. The van der Waals surface area contributed by atoms with E-state index in [4.69, 9.17) is 0 Å². The van der Waals surface area contributed by atoms with E-state index in [1.54, 1.807) is 0 Å². The Morgan fingerprint density at radius 1 is 0.533 bits per heavy atom. The molecule has 0 saturated carbocycles. The molecule has 8 nitrogen and oxygen atoms in total. The first-order valence-electron chi connectivity index (χ1n) is 8.77. The first-order chi connectivity index (χ1) is 14.3. The number of ketones is 2. The van der Waals surface area contributed by atoms with E-state index in [9.17, 15) is 28.8 Å². The van der Waals surface area contributed by atoms with Gasteiger partial charge in [-0.2, -0.15) is 0 Å². The zero-order valence-electron chi connectivity index (χ0n) is 15.2. The quantitative estimate of drug-likeness (QED) is 0.435. The Bertz CT molecular complexity index is 1120. The van der Waals surface area contributed by atoms with Gasteiger partial charge in [0.15, 0.2) is 0 Å². The van der Waals surface area contributed by atoms with Gasteiger partial charge in [-0.15, -0.1) is 0 Å². The maximum absolute atomic E-state index is 12.5. The van der Waals surface area contributed by atoms with Crippen LogP contribution in [-0.4, -0.2) is 35.2 Å². The van der Waals surface area contributed by atoms with Crippen LogP contribution >= 0.6 is 0 Å². The van der Waals surface area contributed by atoms with Crippen LogP contribution in [0.3, 0.4) is 0 Å². The molecule has 0 aliphatic carbocycles. The van der Waals surface area contributed by atoms with Gasteiger partial charge in [-0.25, -0.2) is 0 Å². The number of hydrogen-bond acceptors (Lipinski definition) is 6. The van der Waals surface area contributed by atoms with Crippen LogP contribution in [0.25, 0.3) is 11.1 Å². The summed E-state index contributed by atoms with van der Waals surface area (Å²) in [5, 5.41) is 4.27. The molecule has 8 heteroatoms. The molecule has 0 bridgehead atoms. The lowest BCUT2D eigenvalue weighted by molar-refractivity contribution is -0.124. The summed E-state index contributed by atoms with van der Waals surface area (Å²) in [5.41, 5.74) is 1.52. The Balaban J connectivity index is 1.52. The number of carbonyl (C=O) groups is 6. The van der Waals surface area contributed by atoms with Crippen molar-refractivity contribution >= 4 is 46.3 Å². The fraction of sp³-hybridized carbons (Fsp3) is 0. The summed E-state index contributed by atoms with van der Waals surface area (Å²) in [6.07, 6.45) is 2.33. The van der Waals surface area contributed by atoms with Gasteiger partial charge in [-0.05, 0) is 11.1 Å². The van der Waals surface area contributed by atoms with E-state index in [1.165, 1.54) is 60.7 Å². The molecule has 2 aromatic rings. The SMILES string of the molecule is O=C1C=C(c2ccc(C(=O)C(=O)c3ccc(C4=CC(=O)NC4=O)cc3)cc2)C(=O)N1. The summed E-state index contributed by atoms with van der Waals surface area (Å²) in [6, 6.07) is 11.5. The minimum Gasteiger partial charge on any atom is -0.289 e. The lowest BCUT2D eigenvalue weighted by Gasteiger charge is -2.05. The van der Waals surface area contributed by atoms with Crippen LogP contribution in [0.15, 0.2) is 60.7 Å². The largest absolute Gasteiger partial charge is 0.289 e. The van der Waals surface area contributed by atoms with Crippen molar-refractivity contribution in [3.8, 4) is 0 Å². The fourth-order valence-electron chi connectivity index (χ4n) is 3.12. The van der Waals surface area contributed by atoms with Crippen molar-refractivity contribution in [2.24, 2.45) is 0 Å². The average molecular weight is 400 g/mol. The molecule has 2 N–H and O–H groups in total. The third-order valence-electron chi connectivity index (χ3n) is 4.64. The van der Waals surface area contributed by atoms with E-state index in [0.29, 0.717) is 11.1 Å². The molecule has 0 unspecified atom stereocenters.